The highest BCUT2D eigenvalue weighted by molar-refractivity contribution is 9.10. The first-order valence-electron chi connectivity index (χ1n) is 9.33. The summed E-state index contributed by atoms with van der Waals surface area (Å²) < 4.78 is 36.5. The number of ether oxygens (including phenoxy) is 2. The topological polar surface area (TPSA) is 81.7 Å². The predicted octanol–water partition coefficient (Wildman–Crippen LogP) is 4.04. The van der Waals surface area contributed by atoms with E-state index in [9.17, 15) is 13.2 Å². The molecule has 156 valence electrons. The molecule has 3 rings (SSSR count). The Hall–Kier alpha value is -2.06. The molecule has 1 amide bonds. The van der Waals surface area contributed by atoms with E-state index in [1.54, 1.807) is 19.1 Å². The average Bonchev–Trinajstić information content (AvgIpc) is 2.92. The molecule has 0 saturated heterocycles. The molecular formula is C21H24BrNO5S. The van der Waals surface area contributed by atoms with Crippen LogP contribution in [0.15, 0.2) is 51.8 Å². The van der Waals surface area contributed by atoms with Crippen molar-refractivity contribution in [3.8, 4) is 11.5 Å². The summed E-state index contributed by atoms with van der Waals surface area (Å²) in [5.41, 5.74) is 0.805. The normalized spacial score (nSPS) is 15.3. The maximum absolute atomic E-state index is 13.0. The van der Waals surface area contributed by atoms with Gasteiger partial charge in [-0.25, -0.2) is 8.42 Å². The van der Waals surface area contributed by atoms with Crippen LogP contribution in [0, 0.1) is 0 Å². The maximum Gasteiger partial charge on any atom is 0.241 e. The third-order valence-electron chi connectivity index (χ3n) is 4.96. The van der Waals surface area contributed by atoms with Gasteiger partial charge in [-0.1, -0.05) is 22.0 Å². The molecule has 1 N–H and O–H groups in total. The van der Waals surface area contributed by atoms with Gasteiger partial charge < -0.3 is 14.8 Å². The van der Waals surface area contributed by atoms with E-state index in [1.807, 2.05) is 18.2 Å². The van der Waals surface area contributed by atoms with E-state index in [-0.39, 0.29) is 4.90 Å². The van der Waals surface area contributed by atoms with Crippen LogP contribution in [0.25, 0.3) is 0 Å². The van der Waals surface area contributed by atoms with Gasteiger partial charge in [0.05, 0.1) is 24.2 Å². The zero-order chi connectivity index (χ0) is 21.2. The lowest BCUT2D eigenvalue weighted by molar-refractivity contribution is -0.123. The fourth-order valence-electron chi connectivity index (χ4n) is 2.93. The van der Waals surface area contributed by atoms with Gasteiger partial charge in [-0.15, -0.1) is 0 Å². The van der Waals surface area contributed by atoms with Crippen molar-refractivity contribution in [2.75, 3.05) is 13.2 Å². The van der Waals surface area contributed by atoms with E-state index in [1.165, 1.54) is 26.0 Å². The van der Waals surface area contributed by atoms with Crippen molar-refractivity contribution in [1.29, 1.82) is 0 Å². The molecule has 29 heavy (non-hydrogen) atoms. The molecular weight excluding hydrogens is 458 g/mol. The van der Waals surface area contributed by atoms with Gasteiger partial charge in [0, 0.05) is 10.9 Å². The molecule has 1 heterocycles. The summed E-state index contributed by atoms with van der Waals surface area (Å²) in [5.74, 6) is 0.728. The van der Waals surface area contributed by atoms with E-state index in [0.29, 0.717) is 24.7 Å². The van der Waals surface area contributed by atoms with E-state index in [2.05, 4.69) is 21.2 Å². The number of nitrogens with one attached hydrogen (secondary N) is 1. The summed E-state index contributed by atoms with van der Waals surface area (Å²) in [4.78, 5) is 13.0. The molecule has 0 radical (unpaired) electrons. The first-order valence-corrected chi connectivity index (χ1v) is 11.6. The summed E-state index contributed by atoms with van der Waals surface area (Å²) in [6.45, 7) is 5.80. The minimum Gasteiger partial charge on any atom is -0.490 e. The predicted molar refractivity (Wildman–Crippen MR) is 114 cm³/mol. The largest absolute Gasteiger partial charge is 0.490 e. The van der Waals surface area contributed by atoms with Crippen molar-refractivity contribution in [2.45, 2.75) is 42.9 Å². The molecule has 0 fully saturated rings. The zero-order valence-corrected chi connectivity index (χ0v) is 19.0. The summed E-state index contributed by atoms with van der Waals surface area (Å²) in [5, 5.41) is 2.82. The number of carbonyl (C=O) groups is 1. The van der Waals surface area contributed by atoms with Crippen molar-refractivity contribution in [3.63, 3.8) is 0 Å². The highest BCUT2D eigenvalue weighted by Gasteiger charge is 2.43. The Kier molecular flexibility index (Phi) is 6.24. The van der Waals surface area contributed by atoms with Crippen molar-refractivity contribution in [1.82, 2.24) is 5.32 Å². The van der Waals surface area contributed by atoms with Gasteiger partial charge in [0.15, 0.2) is 21.3 Å². The number of rotatable bonds is 5. The Morgan fingerprint density at radius 2 is 1.69 bits per heavy atom. The number of halogens is 1. The molecule has 0 aromatic heterocycles. The fraction of sp³-hybridized carbons (Fsp3) is 0.381. The number of amides is 1. The number of benzene rings is 2. The smallest absolute Gasteiger partial charge is 0.241 e. The molecule has 1 aliphatic heterocycles. The zero-order valence-electron chi connectivity index (χ0n) is 16.6. The molecule has 0 bridgehead atoms. The van der Waals surface area contributed by atoms with E-state index in [4.69, 9.17) is 9.47 Å². The van der Waals surface area contributed by atoms with Crippen molar-refractivity contribution in [3.05, 3.63) is 52.5 Å². The lowest BCUT2D eigenvalue weighted by Gasteiger charge is -2.26. The lowest BCUT2D eigenvalue weighted by Crippen LogP contribution is -2.48. The number of carbonyl (C=O) groups excluding carboxylic acids is 1. The second kappa shape index (κ2) is 8.36. The molecule has 8 heteroatoms. The Labute approximate surface area is 179 Å². The van der Waals surface area contributed by atoms with E-state index < -0.39 is 26.5 Å². The SMILES string of the molecule is CC(NC(=O)C(C)(C)S(=O)(=O)c1ccc(Br)cc1)c1ccc2c(c1)OCCCO2. The number of sulfone groups is 1. The van der Waals surface area contributed by atoms with Gasteiger partial charge in [-0.3, -0.25) is 4.79 Å². The molecule has 2 aromatic rings. The molecule has 1 atom stereocenters. The van der Waals surface area contributed by atoms with Crippen LogP contribution in [0.3, 0.4) is 0 Å². The third kappa shape index (κ3) is 4.43. The van der Waals surface area contributed by atoms with Crippen LogP contribution in [0.1, 0.15) is 38.8 Å². The van der Waals surface area contributed by atoms with Crippen LogP contribution >= 0.6 is 15.9 Å². The first kappa shape index (κ1) is 21.6. The molecule has 0 aliphatic carbocycles. The Morgan fingerprint density at radius 1 is 1.07 bits per heavy atom. The number of hydrogen-bond donors (Lipinski definition) is 1. The van der Waals surface area contributed by atoms with Crippen LogP contribution in [-0.2, 0) is 14.6 Å². The standard InChI is InChI=1S/C21H24BrNO5S/c1-14(15-5-10-18-19(13-15)28-12-4-11-27-18)23-20(24)21(2,3)29(25,26)17-8-6-16(22)7-9-17/h5-10,13-14H,4,11-12H2,1-3H3,(H,23,24). The highest BCUT2D eigenvalue weighted by atomic mass is 79.9. The van der Waals surface area contributed by atoms with Crippen LogP contribution in [-0.4, -0.2) is 32.3 Å². The second-order valence-electron chi connectivity index (χ2n) is 7.42. The van der Waals surface area contributed by atoms with Crippen molar-refractivity contribution in [2.24, 2.45) is 0 Å². The minimum atomic E-state index is -3.88. The van der Waals surface area contributed by atoms with Gasteiger partial charge in [0.2, 0.25) is 5.91 Å². The molecule has 2 aromatic carbocycles. The monoisotopic (exact) mass is 481 g/mol. The second-order valence-corrected chi connectivity index (χ2v) is 10.8. The Morgan fingerprint density at radius 3 is 2.34 bits per heavy atom. The first-order chi connectivity index (χ1) is 13.6. The Balaban J connectivity index is 1.79. The van der Waals surface area contributed by atoms with Gasteiger partial charge >= 0.3 is 0 Å². The third-order valence-corrected chi connectivity index (χ3v) is 7.91. The lowest BCUT2D eigenvalue weighted by atomic mass is 10.1. The number of hydrogen-bond acceptors (Lipinski definition) is 5. The summed E-state index contributed by atoms with van der Waals surface area (Å²) in [6, 6.07) is 11.3. The van der Waals surface area contributed by atoms with Gasteiger partial charge in [0.25, 0.3) is 0 Å². The molecule has 6 nitrogen and oxygen atoms in total. The molecule has 1 aliphatic rings. The average molecular weight is 482 g/mol. The number of fused-ring (bicyclic) bond motifs is 1. The van der Waals surface area contributed by atoms with Crippen LogP contribution in [0.2, 0.25) is 0 Å². The fourth-order valence-corrected chi connectivity index (χ4v) is 4.58. The summed E-state index contributed by atoms with van der Waals surface area (Å²) >= 11 is 3.29. The van der Waals surface area contributed by atoms with Gasteiger partial charge in [-0.2, -0.15) is 0 Å². The summed E-state index contributed by atoms with van der Waals surface area (Å²) in [7, 11) is -3.88. The summed E-state index contributed by atoms with van der Waals surface area (Å²) in [6.07, 6.45) is 0.804. The van der Waals surface area contributed by atoms with E-state index in [0.717, 1.165) is 16.5 Å². The molecule has 1 unspecified atom stereocenters. The Bertz CT molecular complexity index is 1000. The van der Waals surface area contributed by atoms with E-state index >= 15 is 0 Å². The van der Waals surface area contributed by atoms with Gasteiger partial charge in [-0.05, 0) is 62.7 Å². The molecule has 0 saturated carbocycles. The van der Waals surface area contributed by atoms with Crippen LogP contribution in [0.5, 0.6) is 11.5 Å². The maximum atomic E-state index is 13.0. The minimum absolute atomic E-state index is 0.101. The van der Waals surface area contributed by atoms with Crippen molar-refractivity contribution < 1.29 is 22.7 Å². The van der Waals surface area contributed by atoms with Crippen LogP contribution < -0.4 is 14.8 Å². The quantitative estimate of drug-likeness (QED) is 0.696. The van der Waals surface area contributed by atoms with Gasteiger partial charge in [0.1, 0.15) is 4.75 Å². The highest BCUT2D eigenvalue weighted by Crippen LogP contribution is 2.33. The van der Waals surface area contributed by atoms with Crippen molar-refractivity contribution >= 4 is 31.7 Å². The molecule has 0 spiro atoms. The van der Waals surface area contributed by atoms with Crippen LogP contribution in [0.4, 0.5) is 0 Å².